The summed E-state index contributed by atoms with van der Waals surface area (Å²) in [5.74, 6) is 0.561. The number of aromatic nitrogens is 4. The Balaban J connectivity index is 1.48. The van der Waals surface area contributed by atoms with E-state index in [0.29, 0.717) is 31.3 Å². The summed E-state index contributed by atoms with van der Waals surface area (Å²) in [7, 11) is 0. The van der Waals surface area contributed by atoms with Crippen LogP contribution in [0.25, 0.3) is 0 Å². The van der Waals surface area contributed by atoms with Crippen LogP contribution in [0.2, 0.25) is 0 Å². The molecule has 1 aromatic heterocycles. The second-order valence-electron chi connectivity index (χ2n) is 8.33. The van der Waals surface area contributed by atoms with Crippen LogP contribution in [0.1, 0.15) is 43.1 Å². The Hall–Kier alpha value is -2.84. The van der Waals surface area contributed by atoms with E-state index in [0.717, 1.165) is 24.9 Å². The first-order valence-corrected chi connectivity index (χ1v) is 10.6. The fourth-order valence-electron chi connectivity index (χ4n) is 3.96. The number of tetrazole rings is 1. The average Bonchev–Trinajstić information content (AvgIpc) is 3.50. The Kier molecular flexibility index (Phi) is 6.06. The van der Waals surface area contributed by atoms with Gasteiger partial charge >= 0.3 is 0 Å². The van der Waals surface area contributed by atoms with Gasteiger partial charge in [-0.25, -0.2) is 9.07 Å². The lowest BCUT2D eigenvalue weighted by atomic mass is 9.95. The first-order valence-electron chi connectivity index (χ1n) is 10.6. The molecule has 0 spiro atoms. The quantitative estimate of drug-likeness (QED) is 0.744. The molecule has 1 aliphatic heterocycles. The lowest BCUT2D eigenvalue weighted by Gasteiger charge is -2.34. The van der Waals surface area contributed by atoms with E-state index in [-0.39, 0.29) is 23.5 Å². The molecule has 0 radical (unpaired) electrons. The van der Waals surface area contributed by atoms with Gasteiger partial charge in [0.25, 0.3) is 0 Å². The molecule has 30 heavy (non-hydrogen) atoms. The molecule has 9 heteroatoms. The maximum Gasteiger partial charge on any atom is 0.247 e. The summed E-state index contributed by atoms with van der Waals surface area (Å²) in [5.41, 5.74) is 0.820. The van der Waals surface area contributed by atoms with Gasteiger partial charge in [-0.2, -0.15) is 0 Å². The molecule has 1 saturated heterocycles. The van der Waals surface area contributed by atoms with Crippen molar-refractivity contribution in [3.63, 3.8) is 0 Å². The molecule has 1 N–H and O–H groups in total. The molecule has 2 aliphatic rings. The number of nitrogens with one attached hydrogen (secondary N) is 1. The van der Waals surface area contributed by atoms with Crippen molar-refractivity contribution < 1.29 is 14.0 Å². The summed E-state index contributed by atoms with van der Waals surface area (Å²) in [5, 5.41) is 14.6. The molecule has 2 heterocycles. The zero-order valence-corrected chi connectivity index (χ0v) is 17.1. The number of benzene rings is 1. The van der Waals surface area contributed by atoms with Gasteiger partial charge in [0.2, 0.25) is 11.8 Å². The molecule has 2 fully saturated rings. The first kappa shape index (κ1) is 20.4. The fraction of sp³-hybridized carbons (Fsp3) is 0.571. The highest BCUT2D eigenvalue weighted by Crippen LogP contribution is 2.28. The van der Waals surface area contributed by atoms with Crippen LogP contribution in [0, 0.1) is 24.6 Å². The number of piperidine rings is 1. The molecule has 2 amide bonds. The summed E-state index contributed by atoms with van der Waals surface area (Å²) < 4.78 is 14.8. The van der Waals surface area contributed by atoms with Gasteiger partial charge < -0.3 is 10.2 Å². The van der Waals surface area contributed by atoms with Crippen molar-refractivity contribution in [2.75, 3.05) is 19.6 Å². The van der Waals surface area contributed by atoms with Gasteiger partial charge in [0.05, 0.1) is 5.92 Å². The Labute approximate surface area is 174 Å². The predicted octanol–water partition coefficient (Wildman–Crippen LogP) is 1.67. The smallest absolute Gasteiger partial charge is 0.247 e. The zero-order chi connectivity index (χ0) is 21.1. The lowest BCUT2D eigenvalue weighted by molar-refractivity contribution is -0.139. The van der Waals surface area contributed by atoms with E-state index in [1.54, 1.807) is 24.0 Å². The number of carbonyl (C=O) groups excluding carboxylic acids is 2. The monoisotopic (exact) mass is 414 g/mol. The van der Waals surface area contributed by atoms with E-state index in [2.05, 4.69) is 20.8 Å². The Morgan fingerprint density at radius 3 is 2.67 bits per heavy atom. The van der Waals surface area contributed by atoms with Crippen LogP contribution in [-0.2, 0) is 16.0 Å². The number of aryl methyl sites for hydroxylation is 1. The maximum atomic E-state index is 13.5. The van der Waals surface area contributed by atoms with E-state index in [1.165, 1.54) is 29.7 Å². The summed E-state index contributed by atoms with van der Waals surface area (Å²) in [6.45, 7) is 3.48. The molecule has 160 valence electrons. The molecule has 1 saturated carbocycles. The molecule has 0 unspecified atom stereocenters. The normalized spacial score (nSPS) is 20.1. The molecule has 1 aliphatic carbocycles. The van der Waals surface area contributed by atoms with Crippen molar-refractivity contribution >= 4 is 11.8 Å². The van der Waals surface area contributed by atoms with Crippen LogP contribution in [0.4, 0.5) is 4.39 Å². The predicted molar refractivity (Wildman–Crippen MR) is 107 cm³/mol. The minimum Gasteiger partial charge on any atom is -0.356 e. The highest BCUT2D eigenvalue weighted by molar-refractivity contribution is 5.83. The van der Waals surface area contributed by atoms with Gasteiger partial charge in [0.1, 0.15) is 17.7 Å². The SMILES string of the molecule is Cc1nnnn1[C@@H](Cc1ccc(F)cc1)C(=O)N1CCC[C@@H](C(=O)NCC2CC2)C1. The van der Waals surface area contributed by atoms with Crippen LogP contribution >= 0.6 is 0 Å². The third kappa shape index (κ3) is 4.83. The largest absolute Gasteiger partial charge is 0.356 e. The second-order valence-corrected chi connectivity index (χ2v) is 8.33. The summed E-state index contributed by atoms with van der Waals surface area (Å²) >= 11 is 0. The molecule has 2 aromatic rings. The van der Waals surface area contributed by atoms with Gasteiger partial charge in [-0.05, 0) is 66.6 Å². The van der Waals surface area contributed by atoms with Gasteiger partial charge in [0.15, 0.2) is 0 Å². The summed E-state index contributed by atoms with van der Waals surface area (Å²) in [6, 6.07) is 5.45. The van der Waals surface area contributed by atoms with Crippen molar-refractivity contribution in [1.82, 2.24) is 30.4 Å². The number of hydrogen-bond acceptors (Lipinski definition) is 5. The molecule has 1 aromatic carbocycles. The average molecular weight is 414 g/mol. The van der Waals surface area contributed by atoms with Gasteiger partial charge in [-0.3, -0.25) is 9.59 Å². The molecule has 0 bridgehead atoms. The number of amides is 2. The van der Waals surface area contributed by atoms with Crippen molar-refractivity contribution in [3.05, 3.63) is 41.5 Å². The third-order valence-corrected chi connectivity index (χ3v) is 5.95. The Morgan fingerprint density at radius 2 is 2.00 bits per heavy atom. The van der Waals surface area contributed by atoms with E-state index in [9.17, 15) is 14.0 Å². The van der Waals surface area contributed by atoms with Crippen molar-refractivity contribution in [1.29, 1.82) is 0 Å². The molecule has 2 atom stereocenters. The Bertz CT molecular complexity index is 895. The minimum atomic E-state index is -0.640. The number of rotatable bonds is 7. The summed E-state index contributed by atoms with van der Waals surface area (Å²) in [6.07, 6.45) is 4.29. The van der Waals surface area contributed by atoms with Gasteiger partial charge in [0, 0.05) is 26.1 Å². The number of likely N-dealkylation sites (tertiary alicyclic amines) is 1. The number of halogens is 1. The molecular formula is C21H27FN6O2. The number of hydrogen-bond donors (Lipinski definition) is 1. The standard InChI is InChI=1S/C21H27FN6O2/c1-14-24-25-26-28(14)19(11-15-6-8-18(22)9-7-15)21(30)27-10-2-3-17(13-27)20(29)23-12-16-4-5-16/h6-9,16-17,19H,2-5,10-13H2,1H3,(H,23,29)/t17-,19+/m1/s1. The van der Waals surface area contributed by atoms with E-state index >= 15 is 0 Å². The minimum absolute atomic E-state index is 0.0353. The lowest BCUT2D eigenvalue weighted by Crippen LogP contribution is -2.48. The molecular weight excluding hydrogens is 387 g/mol. The van der Waals surface area contributed by atoms with E-state index in [4.69, 9.17) is 0 Å². The van der Waals surface area contributed by atoms with E-state index < -0.39 is 6.04 Å². The number of nitrogens with zero attached hydrogens (tertiary/aromatic N) is 5. The highest BCUT2D eigenvalue weighted by Gasteiger charge is 2.34. The zero-order valence-electron chi connectivity index (χ0n) is 17.1. The van der Waals surface area contributed by atoms with Gasteiger partial charge in [-0.15, -0.1) is 5.10 Å². The highest BCUT2D eigenvalue weighted by atomic mass is 19.1. The third-order valence-electron chi connectivity index (χ3n) is 5.95. The van der Waals surface area contributed by atoms with Crippen LogP contribution < -0.4 is 5.32 Å². The molecule has 8 nitrogen and oxygen atoms in total. The van der Waals surface area contributed by atoms with Crippen LogP contribution in [-0.4, -0.2) is 56.6 Å². The van der Waals surface area contributed by atoms with Crippen molar-refractivity contribution in [2.45, 2.75) is 45.1 Å². The van der Waals surface area contributed by atoms with E-state index in [1.807, 2.05) is 0 Å². The summed E-state index contributed by atoms with van der Waals surface area (Å²) in [4.78, 5) is 27.8. The maximum absolute atomic E-state index is 13.5. The fourth-order valence-corrected chi connectivity index (χ4v) is 3.96. The molecule has 4 rings (SSSR count). The van der Waals surface area contributed by atoms with Gasteiger partial charge in [-0.1, -0.05) is 12.1 Å². The topological polar surface area (TPSA) is 93.0 Å². The second kappa shape index (κ2) is 8.89. The first-order chi connectivity index (χ1) is 14.5. The van der Waals surface area contributed by atoms with Crippen molar-refractivity contribution in [2.24, 2.45) is 11.8 Å². The number of carbonyl (C=O) groups is 2. The van der Waals surface area contributed by atoms with Crippen LogP contribution in [0.3, 0.4) is 0 Å². The Morgan fingerprint density at radius 1 is 1.23 bits per heavy atom. The van der Waals surface area contributed by atoms with Crippen LogP contribution in [0.5, 0.6) is 0 Å². The van der Waals surface area contributed by atoms with Crippen LogP contribution in [0.15, 0.2) is 24.3 Å². The van der Waals surface area contributed by atoms with Crippen molar-refractivity contribution in [3.8, 4) is 0 Å².